The predicted molar refractivity (Wildman–Crippen MR) is 65.5 cm³/mol. The number of benzene rings is 1. The summed E-state index contributed by atoms with van der Waals surface area (Å²) in [6, 6.07) is 6.79. The maximum atomic E-state index is 11.6. The highest BCUT2D eigenvalue weighted by Crippen LogP contribution is 2.07. The second-order valence-corrected chi connectivity index (χ2v) is 3.82. The number of carbonyl (C=O) groups is 1. The van der Waals surface area contributed by atoms with Crippen LogP contribution in [0.15, 0.2) is 24.3 Å². The largest absolute Gasteiger partial charge is 0.399 e. The van der Waals surface area contributed by atoms with E-state index in [1.165, 1.54) is 7.11 Å². The van der Waals surface area contributed by atoms with Crippen LogP contribution < -0.4 is 11.1 Å². The summed E-state index contributed by atoms with van der Waals surface area (Å²) in [5, 5.41) is 11.7. The van der Waals surface area contributed by atoms with Crippen molar-refractivity contribution in [1.82, 2.24) is 5.32 Å². The van der Waals surface area contributed by atoms with E-state index in [1.54, 1.807) is 18.2 Å². The zero-order chi connectivity index (χ0) is 12.7. The van der Waals surface area contributed by atoms with Crippen LogP contribution in [-0.4, -0.2) is 37.4 Å². The minimum Gasteiger partial charge on any atom is -0.399 e. The Kier molecular flexibility index (Phi) is 5.45. The highest BCUT2D eigenvalue weighted by molar-refractivity contribution is 5.79. The van der Waals surface area contributed by atoms with Gasteiger partial charge in [0.1, 0.15) is 0 Å². The van der Waals surface area contributed by atoms with Crippen molar-refractivity contribution in [2.75, 3.05) is 26.1 Å². The van der Waals surface area contributed by atoms with Crippen LogP contribution in [0.3, 0.4) is 0 Å². The van der Waals surface area contributed by atoms with Gasteiger partial charge in [-0.2, -0.15) is 0 Å². The number of aliphatic hydroxyl groups excluding tert-OH is 1. The van der Waals surface area contributed by atoms with Gasteiger partial charge in [0.25, 0.3) is 0 Å². The molecule has 5 nitrogen and oxygen atoms in total. The van der Waals surface area contributed by atoms with Crippen LogP contribution in [0, 0.1) is 0 Å². The molecule has 0 radical (unpaired) electrons. The number of anilines is 1. The van der Waals surface area contributed by atoms with Crippen LogP contribution in [0.5, 0.6) is 0 Å². The lowest BCUT2D eigenvalue weighted by atomic mass is 10.1. The first-order valence-corrected chi connectivity index (χ1v) is 5.39. The van der Waals surface area contributed by atoms with Gasteiger partial charge < -0.3 is 20.9 Å². The van der Waals surface area contributed by atoms with Crippen molar-refractivity contribution >= 4 is 11.6 Å². The highest BCUT2D eigenvalue weighted by Gasteiger charge is 2.11. The summed E-state index contributed by atoms with van der Waals surface area (Å²) in [6.07, 6.45) is 0.241. The summed E-state index contributed by atoms with van der Waals surface area (Å²) in [6.45, 7) is 0.148. The van der Waals surface area contributed by atoms with Crippen LogP contribution in [0.2, 0.25) is 0 Å². The van der Waals surface area contributed by atoms with E-state index >= 15 is 0 Å². The van der Waals surface area contributed by atoms with Gasteiger partial charge in [0.2, 0.25) is 5.91 Å². The summed E-state index contributed by atoms with van der Waals surface area (Å²) in [5.74, 6) is -0.160. The highest BCUT2D eigenvalue weighted by atomic mass is 16.5. The molecule has 1 rings (SSSR count). The molecule has 1 atom stereocenters. The summed E-state index contributed by atoms with van der Waals surface area (Å²) in [4.78, 5) is 11.6. The average Bonchev–Trinajstić information content (AvgIpc) is 2.28. The van der Waals surface area contributed by atoms with Crippen LogP contribution in [0.4, 0.5) is 5.69 Å². The Morgan fingerprint density at radius 2 is 2.35 bits per heavy atom. The monoisotopic (exact) mass is 238 g/mol. The fraction of sp³-hybridized carbons (Fsp3) is 0.417. The molecule has 0 aliphatic carbocycles. The van der Waals surface area contributed by atoms with Crippen molar-refractivity contribution in [3.63, 3.8) is 0 Å². The fourth-order valence-electron chi connectivity index (χ4n) is 1.51. The molecular formula is C12H18N2O3. The van der Waals surface area contributed by atoms with Crippen molar-refractivity contribution in [3.8, 4) is 0 Å². The number of rotatable bonds is 6. The number of carbonyl (C=O) groups excluding carboxylic acids is 1. The Morgan fingerprint density at radius 1 is 1.59 bits per heavy atom. The number of nitrogen functional groups attached to an aromatic ring is 1. The quantitative estimate of drug-likeness (QED) is 0.606. The first kappa shape index (κ1) is 13.5. The normalized spacial score (nSPS) is 12.1. The molecule has 0 bridgehead atoms. The lowest BCUT2D eigenvalue weighted by molar-refractivity contribution is -0.121. The molecule has 0 aliphatic rings. The molecule has 0 heterocycles. The molecular weight excluding hydrogens is 220 g/mol. The molecule has 1 aromatic rings. The van der Waals surface area contributed by atoms with Gasteiger partial charge in [-0.25, -0.2) is 0 Å². The minimum atomic E-state index is -0.367. The molecule has 94 valence electrons. The number of hydrogen-bond donors (Lipinski definition) is 3. The zero-order valence-electron chi connectivity index (χ0n) is 9.85. The molecule has 5 heteroatoms. The van der Waals surface area contributed by atoms with Crippen LogP contribution in [0.25, 0.3) is 0 Å². The molecule has 0 spiro atoms. The number of methoxy groups -OCH3 is 1. The van der Waals surface area contributed by atoms with Gasteiger partial charge in [0.05, 0.1) is 25.7 Å². The Labute approximate surface area is 101 Å². The third-order valence-electron chi connectivity index (χ3n) is 2.27. The summed E-state index contributed by atoms with van der Waals surface area (Å²) >= 11 is 0. The molecule has 17 heavy (non-hydrogen) atoms. The van der Waals surface area contributed by atoms with Crippen LogP contribution >= 0.6 is 0 Å². The number of ether oxygens (including phenoxy) is 1. The SMILES string of the molecule is COCC(CO)NC(=O)Cc1cccc(N)c1. The van der Waals surface area contributed by atoms with Gasteiger partial charge >= 0.3 is 0 Å². The van der Waals surface area contributed by atoms with E-state index in [2.05, 4.69) is 5.32 Å². The van der Waals surface area contributed by atoms with E-state index in [9.17, 15) is 4.79 Å². The van der Waals surface area contributed by atoms with Gasteiger partial charge in [-0.1, -0.05) is 12.1 Å². The van der Waals surface area contributed by atoms with Crippen molar-refractivity contribution < 1.29 is 14.6 Å². The Balaban J connectivity index is 2.49. The third kappa shape index (κ3) is 4.84. The molecule has 0 saturated carbocycles. The van der Waals surface area contributed by atoms with Crippen molar-refractivity contribution in [1.29, 1.82) is 0 Å². The van der Waals surface area contributed by atoms with E-state index < -0.39 is 0 Å². The van der Waals surface area contributed by atoms with Crippen molar-refractivity contribution in [2.45, 2.75) is 12.5 Å². The van der Waals surface area contributed by atoms with Crippen LogP contribution in [0.1, 0.15) is 5.56 Å². The predicted octanol–water partition coefficient (Wildman–Crippen LogP) is -0.0652. The summed E-state index contributed by atoms with van der Waals surface area (Å²) < 4.78 is 4.87. The lowest BCUT2D eigenvalue weighted by Gasteiger charge is -2.15. The number of nitrogens with one attached hydrogen (secondary N) is 1. The van der Waals surface area contributed by atoms with E-state index in [-0.39, 0.29) is 25.0 Å². The third-order valence-corrected chi connectivity index (χ3v) is 2.27. The maximum Gasteiger partial charge on any atom is 0.224 e. The summed E-state index contributed by atoms with van der Waals surface area (Å²) in [7, 11) is 1.52. The van der Waals surface area contributed by atoms with Crippen molar-refractivity contribution in [2.24, 2.45) is 0 Å². The van der Waals surface area contributed by atoms with Crippen LogP contribution in [-0.2, 0) is 16.0 Å². The van der Waals surface area contributed by atoms with Gasteiger partial charge in [-0.05, 0) is 17.7 Å². The Bertz CT molecular complexity index is 369. The molecule has 0 saturated heterocycles. The van der Waals surface area contributed by atoms with Gasteiger partial charge in [-0.3, -0.25) is 4.79 Å². The Morgan fingerprint density at radius 3 is 2.94 bits per heavy atom. The van der Waals surface area contributed by atoms with E-state index in [0.717, 1.165) is 5.56 Å². The fourth-order valence-corrected chi connectivity index (χ4v) is 1.51. The van der Waals surface area contributed by atoms with Gasteiger partial charge in [0.15, 0.2) is 0 Å². The van der Waals surface area contributed by atoms with Crippen molar-refractivity contribution in [3.05, 3.63) is 29.8 Å². The molecule has 0 aliphatic heterocycles. The number of aliphatic hydroxyl groups is 1. The first-order chi connectivity index (χ1) is 8.15. The van der Waals surface area contributed by atoms with E-state index in [0.29, 0.717) is 12.3 Å². The zero-order valence-corrected chi connectivity index (χ0v) is 9.85. The second kappa shape index (κ2) is 6.88. The minimum absolute atomic E-state index is 0.142. The molecule has 1 unspecified atom stereocenters. The first-order valence-electron chi connectivity index (χ1n) is 5.39. The Hall–Kier alpha value is -1.59. The standard InChI is InChI=1S/C12H18N2O3/c1-17-8-11(7-15)14-12(16)6-9-3-2-4-10(13)5-9/h2-5,11,15H,6-8,13H2,1H3,(H,14,16). The van der Waals surface area contributed by atoms with Gasteiger partial charge in [-0.15, -0.1) is 0 Å². The molecule has 0 fully saturated rings. The molecule has 4 N–H and O–H groups in total. The van der Waals surface area contributed by atoms with Gasteiger partial charge in [0, 0.05) is 12.8 Å². The smallest absolute Gasteiger partial charge is 0.224 e. The lowest BCUT2D eigenvalue weighted by Crippen LogP contribution is -2.41. The molecule has 1 amide bonds. The maximum absolute atomic E-state index is 11.6. The summed E-state index contributed by atoms with van der Waals surface area (Å²) in [5.41, 5.74) is 7.09. The van der Waals surface area contributed by atoms with E-state index in [1.807, 2.05) is 6.07 Å². The second-order valence-electron chi connectivity index (χ2n) is 3.82. The average molecular weight is 238 g/mol. The number of amides is 1. The number of hydrogen-bond acceptors (Lipinski definition) is 4. The van der Waals surface area contributed by atoms with E-state index in [4.69, 9.17) is 15.6 Å². The molecule has 0 aromatic heterocycles. The topological polar surface area (TPSA) is 84.6 Å². The molecule has 1 aromatic carbocycles. The number of nitrogens with two attached hydrogens (primary N) is 1.